The minimum atomic E-state index is -3.51. The molecule has 1 aliphatic rings. The normalized spacial score (nSPS) is 16.4. The summed E-state index contributed by atoms with van der Waals surface area (Å²) in [5.41, 5.74) is 0. The van der Waals surface area contributed by atoms with E-state index < -0.39 is 10.0 Å². The molecule has 1 N–H and O–H groups in total. The van der Waals surface area contributed by atoms with Gasteiger partial charge >= 0.3 is 0 Å². The van der Waals surface area contributed by atoms with Gasteiger partial charge in [0.15, 0.2) is 0 Å². The zero-order chi connectivity index (χ0) is 17.0. The van der Waals surface area contributed by atoms with Gasteiger partial charge in [-0.2, -0.15) is 0 Å². The van der Waals surface area contributed by atoms with E-state index in [2.05, 4.69) is 9.62 Å². The van der Waals surface area contributed by atoms with Crippen LogP contribution in [0.15, 0.2) is 41.3 Å². The molecule has 0 unspecified atom stereocenters. The molecule has 2 aromatic rings. The third-order valence-corrected chi connectivity index (χ3v) is 5.61. The Bertz CT molecular complexity index is 801. The van der Waals surface area contributed by atoms with Gasteiger partial charge in [0, 0.05) is 26.2 Å². The number of benzene rings is 2. The van der Waals surface area contributed by atoms with Gasteiger partial charge in [-0.05, 0) is 35.0 Å². The molecule has 1 fully saturated rings. The monoisotopic (exact) mass is 350 g/mol. The molecule has 0 amide bonds. The molecule has 0 radical (unpaired) electrons. The van der Waals surface area contributed by atoms with Crippen molar-refractivity contribution < 1.29 is 17.9 Å². The lowest BCUT2D eigenvalue weighted by molar-refractivity contribution is 0.0390. The fraction of sp³-hybridized carbons (Fsp3) is 0.412. The SMILES string of the molecule is COc1ccc2cc(S(=O)(=O)NCCN3CCOCC3)ccc2c1. The molecule has 0 bridgehead atoms. The van der Waals surface area contributed by atoms with Crippen LogP contribution in [0.3, 0.4) is 0 Å². The predicted molar refractivity (Wildman–Crippen MR) is 92.9 cm³/mol. The summed E-state index contributed by atoms with van der Waals surface area (Å²) in [5.74, 6) is 0.752. The Kier molecular flexibility index (Phi) is 5.35. The van der Waals surface area contributed by atoms with Crippen LogP contribution < -0.4 is 9.46 Å². The van der Waals surface area contributed by atoms with E-state index in [4.69, 9.17) is 9.47 Å². The highest BCUT2D eigenvalue weighted by Crippen LogP contribution is 2.23. The highest BCUT2D eigenvalue weighted by Gasteiger charge is 2.16. The molecule has 1 aliphatic heterocycles. The number of ether oxygens (including phenoxy) is 2. The van der Waals surface area contributed by atoms with Crippen LogP contribution >= 0.6 is 0 Å². The minimum Gasteiger partial charge on any atom is -0.497 e. The van der Waals surface area contributed by atoms with Crippen LogP contribution in [-0.4, -0.2) is 59.8 Å². The molecule has 24 heavy (non-hydrogen) atoms. The molecule has 0 saturated carbocycles. The molecule has 7 heteroatoms. The second-order valence-corrected chi connectivity index (χ2v) is 7.49. The Hall–Kier alpha value is -1.67. The van der Waals surface area contributed by atoms with Gasteiger partial charge in [0.25, 0.3) is 0 Å². The van der Waals surface area contributed by atoms with Crippen molar-refractivity contribution in [2.45, 2.75) is 4.90 Å². The lowest BCUT2D eigenvalue weighted by Gasteiger charge is -2.26. The van der Waals surface area contributed by atoms with E-state index in [9.17, 15) is 8.42 Å². The highest BCUT2D eigenvalue weighted by atomic mass is 32.2. The van der Waals surface area contributed by atoms with Crippen LogP contribution in [0.1, 0.15) is 0 Å². The van der Waals surface area contributed by atoms with Crippen molar-refractivity contribution in [1.82, 2.24) is 9.62 Å². The number of sulfonamides is 1. The van der Waals surface area contributed by atoms with E-state index in [1.807, 2.05) is 18.2 Å². The van der Waals surface area contributed by atoms with Crippen molar-refractivity contribution >= 4 is 20.8 Å². The Morgan fingerprint density at radius 1 is 1.12 bits per heavy atom. The maximum atomic E-state index is 12.5. The first kappa shape index (κ1) is 17.2. The average molecular weight is 350 g/mol. The standard InChI is InChI=1S/C17H22N2O4S/c1-22-16-4-2-15-13-17(5-3-14(15)12-16)24(20,21)18-6-7-19-8-10-23-11-9-19/h2-5,12-13,18H,6-11H2,1H3. The molecule has 0 aliphatic carbocycles. The summed E-state index contributed by atoms with van der Waals surface area (Å²) >= 11 is 0. The predicted octanol–water partition coefficient (Wildman–Crippen LogP) is 1.46. The number of hydrogen-bond donors (Lipinski definition) is 1. The number of rotatable bonds is 6. The third kappa shape index (κ3) is 4.05. The molecular formula is C17H22N2O4S. The summed E-state index contributed by atoms with van der Waals surface area (Å²) in [6.45, 7) is 4.19. The summed E-state index contributed by atoms with van der Waals surface area (Å²) in [6, 6.07) is 10.7. The van der Waals surface area contributed by atoms with E-state index in [0.717, 1.165) is 29.6 Å². The number of methoxy groups -OCH3 is 1. The molecular weight excluding hydrogens is 328 g/mol. The van der Waals surface area contributed by atoms with E-state index in [1.54, 1.807) is 25.3 Å². The van der Waals surface area contributed by atoms with E-state index in [1.165, 1.54) is 0 Å². The summed E-state index contributed by atoms with van der Waals surface area (Å²) in [4.78, 5) is 2.47. The van der Waals surface area contributed by atoms with Crippen molar-refractivity contribution in [3.63, 3.8) is 0 Å². The Balaban J connectivity index is 1.68. The van der Waals surface area contributed by atoms with Crippen LogP contribution in [0.25, 0.3) is 10.8 Å². The summed E-state index contributed by atoms with van der Waals surface area (Å²) < 4.78 is 38.1. The number of nitrogens with zero attached hydrogens (tertiary/aromatic N) is 1. The molecule has 6 nitrogen and oxygen atoms in total. The second-order valence-electron chi connectivity index (χ2n) is 5.73. The van der Waals surface area contributed by atoms with Crippen molar-refractivity contribution in [3.8, 4) is 5.75 Å². The summed E-state index contributed by atoms with van der Waals surface area (Å²) in [5, 5.41) is 1.81. The van der Waals surface area contributed by atoms with E-state index in [0.29, 0.717) is 26.3 Å². The minimum absolute atomic E-state index is 0.280. The highest BCUT2D eigenvalue weighted by molar-refractivity contribution is 7.89. The molecule has 0 atom stereocenters. The lowest BCUT2D eigenvalue weighted by Crippen LogP contribution is -2.41. The van der Waals surface area contributed by atoms with Gasteiger partial charge in [0.05, 0.1) is 25.2 Å². The van der Waals surface area contributed by atoms with Crippen LogP contribution in [0.4, 0.5) is 0 Å². The summed E-state index contributed by atoms with van der Waals surface area (Å²) in [6.07, 6.45) is 0. The second kappa shape index (κ2) is 7.48. The quantitative estimate of drug-likeness (QED) is 0.854. The molecule has 1 heterocycles. The van der Waals surface area contributed by atoms with E-state index in [-0.39, 0.29) is 4.90 Å². The number of hydrogen-bond acceptors (Lipinski definition) is 5. The third-order valence-electron chi connectivity index (χ3n) is 4.15. The maximum Gasteiger partial charge on any atom is 0.240 e. The van der Waals surface area contributed by atoms with Gasteiger partial charge in [-0.1, -0.05) is 12.1 Å². The van der Waals surface area contributed by atoms with Crippen LogP contribution in [0.5, 0.6) is 5.75 Å². The molecule has 0 aromatic heterocycles. The Labute approximate surface area is 142 Å². The average Bonchev–Trinajstić information content (AvgIpc) is 2.61. The topological polar surface area (TPSA) is 67.9 Å². The molecule has 3 rings (SSSR count). The van der Waals surface area contributed by atoms with Crippen LogP contribution in [0, 0.1) is 0 Å². The Morgan fingerprint density at radius 3 is 2.58 bits per heavy atom. The number of nitrogens with one attached hydrogen (secondary N) is 1. The lowest BCUT2D eigenvalue weighted by atomic mass is 10.1. The largest absolute Gasteiger partial charge is 0.497 e. The van der Waals surface area contributed by atoms with Crippen LogP contribution in [0.2, 0.25) is 0 Å². The molecule has 1 saturated heterocycles. The van der Waals surface area contributed by atoms with Crippen molar-refractivity contribution in [2.75, 3.05) is 46.5 Å². The zero-order valence-electron chi connectivity index (χ0n) is 13.7. The molecule has 0 spiro atoms. The Morgan fingerprint density at radius 2 is 1.83 bits per heavy atom. The van der Waals surface area contributed by atoms with Crippen molar-refractivity contribution in [2.24, 2.45) is 0 Å². The first-order valence-electron chi connectivity index (χ1n) is 7.96. The maximum absolute atomic E-state index is 12.5. The van der Waals surface area contributed by atoms with Crippen molar-refractivity contribution in [3.05, 3.63) is 36.4 Å². The van der Waals surface area contributed by atoms with Crippen molar-refractivity contribution in [1.29, 1.82) is 0 Å². The fourth-order valence-corrected chi connectivity index (χ4v) is 3.80. The zero-order valence-corrected chi connectivity index (χ0v) is 14.5. The first-order valence-corrected chi connectivity index (χ1v) is 9.44. The fourth-order valence-electron chi connectivity index (χ4n) is 2.74. The molecule has 2 aromatic carbocycles. The smallest absolute Gasteiger partial charge is 0.240 e. The van der Waals surface area contributed by atoms with Gasteiger partial charge in [-0.25, -0.2) is 13.1 Å². The van der Waals surface area contributed by atoms with Crippen LogP contribution in [-0.2, 0) is 14.8 Å². The van der Waals surface area contributed by atoms with Gasteiger partial charge in [-0.15, -0.1) is 0 Å². The summed E-state index contributed by atoms with van der Waals surface area (Å²) in [7, 11) is -1.90. The number of fused-ring (bicyclic) bond motifs is 1. The number of morpholine rings is 1. The van der Waals surface area contributed by atoms with Gasteiger partial charge < -0.3 is 9.47 Å². The van der Waals surface area contributed by atoms with Gasteiger partial charge in [0.2, 0.25) is 10.0 Å². The van der Waals surface area contributed by atoms with Gasteiger partial charge in [-0.3, -0.25) is 4.90 Å². The molecule has 130 valence electrons. The first-order chi connectivity index (χ1) is 11.6. The van der Waals surface area contributed by atoms with E-state index >= 15 is 0 Å². The van der Waals surface area contributed by atoms with Gasteiger partial charge in [0.1, 0.15) is 5.75 Å².